The van der Waals surface area contributed by atoms with E-state index in [4.69, 9.17) is 4.74 Å². The predicted molar refractivity (Wildman–Crippen MR) is 100 cm³/mol. The van der Waals surface area contributed by atoms with E-state index in [9.17, 15) is 4.79 Å². The summed E-state index contributed by atoms with van der Waals surface area (Å²) in [5, 5.41) is 0. The van der Waals surface area contributed by atoms with Crippen molar-refractivity contribution >= 4 is 17.6 Å². The maximum absolute atomic E-state index is 11.7. The molecule has 2 aromatic carbocycles. The molecule has 0 amide bonds. The van der Waals surface area contributed by atoms with Gasteiger partial charge in [0.15, 0.2) is 0 Å². The minimum absolute atomic E-state index is 0.320. The van der Waals surface area contributed by atoms with E-state index in [1.165, 1.54) is 29.4 Å². The van der Waals surface area contributed by atoms with Crippen molar-refractivity contribution in [1.82, 2.24) is 4.98 Å². The van der Waals surface area contributed by atoms with Crippen LogP contribution in [0.4, 0.5) is 0 Å². The predicted octanol–water partition coefficient (Wildman–Crippen LogP) is 4.96. The van der Waals surface area contributed by atoms with Crippen molar-refractivity contribution < 1.29 is 9.53 Å². The molecule has 1 aromatic heterocycles. The first-order valence-electron chi connectivity index (χ1n) is 8.41. The number of esters is 1. The molecule has 3 aromatic rings. The first kappa shape index (κ1) is 15.5. The van der Waals surface area contributed by atoms with Crippen molar-refractivity contribution in [3.63, 3.8) is 0 Å². The van der Waals surface area contributed by atoms with Gasteiger partial charge in [0, 0.05) is 5.69 Å². The monoisotopic (exact) mass is 329 g/mol. The van der Waals surface area contributed by atoms with E-state index >= 15 is 0 Å². The second kappa shape index (κ2) is 6.44. The van der Waals surface area contributed by atoms with Crippen LogP contribution in [-0.4, -0.2) is 18.1 Å². The van der Waals surface area contributed by atoms with Crippen LogP contribution in [-0.2, 0) is 11.2 Å². The zero-order chi connectivity index (χ0) is 17.2. The molecule has 124 valence electrons. The van der Waals surface area contributed by atoms with Crippen LogP contribution < -0.4 is 0 Å². The molecule has 3 heteroatoms. The van der Waals surface area contributed by atoms with E-state index in [-0.39, 0.29) is 5.97 Å². The third-order valence-electron chi connectivity index (χ3n) is 4.63. The molecule has 3 nitrogen and oxygen atoms in total. The largest absolute Gasteiger partial charge is 0.464 e. The first-order valence-corrected chi connectivity index (χ1v) is 8.41. The number of fused-ring (bicyclic) bond motifs is 1. The number of carbonyl (C=O) groups excluding carboxylic acids is 1. The molecule has 1 aliphatic carbocycles. The number of benzene rings is 2. The Morgan fingerprint density at radius 3 is 2.60 bits per heavy atom. The van der Waals surface area contributed by atoms with E-state index < -0.39 is 0 Å². The van der Waals surface area contributed by atoms with E-state index in [0.717, 1.165) is 24.1 Å². The maximum atomic E-state index is 11.7. The van der Waals surface area contributed by atoms with Gasteiger partial charge in [0.2, 0.25) is 0 Å². The molecule has 1 aliphatic rings. The van der Waals surface area contributed by atoms with Crippen LogP contribution in [0.1, 0.15) is 33.7 Å². The fourth-order valence-corrected chi connectivity index (χ4v) is 3.39. The van der Waals surface area contributed by atoms with Gasteiger partial charge in [-0.2, -0.15) is 0 Å². The highest BCUT2D eigenvalue weighted by Gasteiger charge is 2.21. The third-order valence-corrected chi connectivity index (χ3v) is 4.63. The van der Waals surface area contributed by atoms with Gasteiger partial charge < -0.3 is 9.72 Å². The Kier molecular flexibility index (Phi) is 3.98. The van der Waals surface area contributed by atoms with E-state index in [1.54, 1.807) is 0 Å². The number of rotatable bonds is 3. The lowest BCUT2D eigenvalue weighted by molar-refractivity contribution is 0.0594. The Balaban J connectivity index is 1.67. The summed E-state index contributed by atoms with van der Waals surface area (Å²) in [6.07, 6.45) is 4.13. The van der Waals surface area contributed by atoms with Gasteiger partial charge in [-0.3, -0.25) is 0 Å². The van der Waals surface area contributed by atoms with Gasteiger partial charge in [0.25, 0.3) is 0 Å². The van der Waals surface area contributed by atoms with Crippen LogP contribution in [0.25, 0.3) is 22.8 Å². The van der Waals surface area contributed by atoms with Gasteiger partial charge >= 0.3 is 5.97 Å². The standard InChI is InChI=1S/C22H19NO2/c1-25-22(24)21-14-19-18(10-11-20(19)23-21)13-15-6-5-9-17(12-15)16-7-3-2-4-8-16/h2-9,12-14,23H,10-11H2,1H3. The fourth-order valence-electron chi connectivity index (χ4n) is 3.39. The summed E-state index contributed by atoms with van der Waals surface area (Å²) in [6.45, 7) is 0. The molecule has 0 bridgehead atoms. The van der Waals surface area contributed by atoms with Crippen LogP contribution in [0.2, 0.25) is 0 Å². The molecular weight excluding hydrogens is 310 g/mol. The Morgan fingerprint density at radius 1 is 1.00 bits per heavy atom. The molecular formula is C22H19NO2. The number of aryl methyl sites for hydroxylation is 1. The number of hydrogen-bond donors (Lipinski definition) is 1. The Hall–Kier alpha value is -3.07. The molecule has 0 unspecified atom stereocenters. The van der Waals surface area contributed by atoms with Crippen molar-refractivity contribution in [2.45, 2.75) is 12.8 Å². The van der Waals surface area contributed by atoms with Gasteiger partial charge in [-0.1, -0.05) is 54.6 Å². The number of aromatic amines is 1. The minimum atomic E-state index is -0.320. The Labute approximate surface area is 147 Å². The summed E-state index contributed by atoms with van der Waals surface area (Å²) in [4.78, 5) is 14.9. The van der Waals surface area contributed by atoms with Gasteiger partial charge in [-0.25, -0.2) is 4.79 Å². The Bertz CT molecular complexity index is 951. The molecule has 0 spiro atoms. The zero-order valence-electron chi connectivity index (χ0n) is 14.1. The van der Waals surface area contributed by atoms with Gasteiger partial charge in [0.05, 0.1) is 7.11 Å². The second-order valence-corrected chi connectivity index (χ2v) is 6.23. The number of carbonyl (C=O) groups is 1. The molecule has 1 N–H and O–H groups in total. The van der Waals surface area contributed by atoms with Crippen LogP contribution in [0, 0.1) is 0 Å². The third kappa shape index (κ3) is 3.01. The van der Waals surface area contributed by atoms with Crippen molar-refractivity contribution in [3.05, 3.63) is 83.2 Å². The summed E-state index contributed by atoms with van der Waals surface area (Å²) in [5.41, 5.74) is 7.62. The van der Waals surface area contributed by atoms with Crippen molar-refractivity contribution in [2.75, 3.05) is 7.11 Å². The maximum Gasteiger partial charge on any atom is 0.354 e. The lowest BCUT2D eigenvalue weighted by atomic mass is 10.0. The highest BCUT2D eigenvalue weighted by molar-refractivity contribution is 5.92. The fraction of sp³-hybridized carbons (Fsp3) is 0.136. The number of hydrogen-bond acceptors (Lipinski definition) is 2. The molecule has 0 radical (unpaired) electrons. The number of methoxy groups -OCH3 is 1. The van der Waals surface area contributed by atoms with Crippen LogP contribution in [0.15, 0.2) is 60.7 Å². The molecule has 0 saturated heterocycles. The number of H-pyrrole nitrogens is 1. The summed E-state index contributed by atoms with van der Waals surface area (Å²) in [7, 11) is 1.40. The highest BCUT2D eigenvalue weighted by atomic mass is 16.5. The topological polar surface area (TPSA) is 42.1 Å². The summed E-state index contributed by atoms with van der Waals surface area (Å²) in [5.74, 6) is -0.320. The molecule has 25 heavy (non-hydrogen) atoms. The summed E-state index contributed by atoms with van der Waals surface area (Å²) < 4.78 is 4.80. The number of ether oxygens (including phenoxy) is 1. The highest BCUT2D eigenvalue weighted by Crippen LogP contribution is 2.34. The quantitative estimate of drug-likeness (QED) is 0.690. The summed E-state index contributed by atoms with van der Waals surface area (Å²) in [6, 6.07) is 20.8. The SMILES string of the molecule is COC(=O)c1cc2c([nH]1)CCC2=Cc1cccc(-c2ccccc2)c1. The van der Waals surface area contributed by atoms with E-state index in [0.29, 0.717) is 5.69 Å². The minimum Gasteiger partial charge on any atom is -0.464 e. The molecule has 0 aliphatic heterocycles. The molecule has 4 rings (SSSR count). The average Bonchev–Trinajstić information content (AvgIpc) is 3.24. The number of aromatic nitrogens is 1. The molecule has 0 saturated carbocycles. The lowest BCUT2D eigenvalue weighted by Crippen LogP contribution is -2.01. The normalized spacial score (nSPS) is 14.5. The lowest BCUT2D eigenvalue weighted by Gasteiger charge is -2.04. The number of nitrogens with one attached hydrogen (secondary N) is 1. The van der Waals surface area contributed by atoms with Gasteiger partial charge in [0.1, 0.15) is 5.69 Å². The molecule has 0 atom stereocenters. The van der Waals surface area contributed by atoms with Crippen LogP contribution >= 0.6 is 0 Å². The summed E-state index contributed by atoms with van der Waals surface area (Å²) >= 11 is 0. The first-order chi connectivity index (χ1) is 12.2. The second-order valence-electron chi connectivity index (χ2n) is 6.23. The van der Waals surface area contributed by atoms with E-state index in [2.05, 4.69) is 59.6 Å². The van der Waals surface area contributed by atoms with Crippen LogP contribution in [0.3, 0.4) is 0 Å². The van der Waals surface area contributed by atoms with Crippen molar-refractivity contribution in [2.24, 2.45) is 0 Å². The smallest absolute Gasteiger partial charge is 0.354 e. The molecule has 1 heterocycles. The Morgan fingerprint density at radius 2 is 1.80 bits per heavy atom. The van der Waals surface area contributed by atoms with Crippen LogP contribution in [0.5, 0.6) is 0 Å². The van der Waals surface area contributed by atoms with Gasteiger partial charge in [-0.15, -0.1) is 0 Å². The van der Waals surface area contributed by atoms with E-state index in [1.807, 2.05) is 12.1 Å². The zero-order valence-corrected chi connectivity index (χ0v) is 14.1. The van der Waals surface area contributed by atoms with Gasteiger partial charge in [-0.05, 0) is 52.8 Å². The van der Waals surface area contributed by atoms with Crippen molar-refractivity contribution in [1.29, 1.82) is 0 Å². The van der Waals surface area contributed by atoms with Crippen molar-refractivity contribution in [3.8, 4) is 11.1 Å². The average molecular weight is 329 g/mol. The number of allylic oxidation sites excluding steroid dienone is 1. The molecule has 0 fully saturated rings.